The number of hydrogen-bond acceptors (Lipinski definition) is 2. The fraction of sp³-hybridized carbons (Fsp3) is 0.333. The molecule has 1 atom stereocenters. The smallest absolute Gasteiger partial charge is 0.123 e. The van der Waals surface area contributed by atoms with E-state index in [0.717, 1.165) is 5.56 Å². The van der Waals surface area contributed by atoms with Crippen molar-refractivity contribution in [1.82, 2.24) is 0 Å². The highest BCUT2D eigenvalue weighted by Crippen LogP contribution is 2.17. The van der Waals surface area contributed by atoms with Gasteiger partial charge in [-0.15, -0.1) is 0 Å². The van der Waals surface area contributed by atoms with Gasteiger partial charge in [-0.3, -0.25) is 0 Å². The minimum absolute atomic E-state index is 0.115. The normalized spacial score (nSPS) is 13.0. The second-order valence-electron chi connectivity index (χ2n) is 2.75. The van der Waals surface area contributed by atoms with Crippen LogP contribution >= 0.6 is 0 Å². The van der Waals surface area contributed by atoms with Crippen molar-refractivity contribution in [1.29, 1.82) is 0 Å². The van der Waals surface area contributed by atoms with Gasteiger partial charge in [0.15, 0.2) is 0 Å². The van der Waals surface area contributed by atoms with E-state index in [9.17, 15) is 9.50 Å². The SMILES string of the molecule is Cc1ccc(F)cc1[C@@H](O)CN. The van der Waals surface area contributed by atoms with Crippen LogP contribution in [-0.2, 0) is 0 Å². The molecule has 0 aliphatic heterocycles. The first-order valence-electron chi connectivity index (χ1n) is 3.79. The highest BCUT2D eigenvalue weighted by atomic mass is 19.1. The van der Waals surface area contributed by atoms with Gasteiger partial charge in [-0.2, -0.15) is 0 Å². The third-order valence-electron chi connectivity index (χ3n) is 1.82. The third kappa shape index (κ3) is 1.81. The second kappa shape index (κ2) is 3.65. The first kappa shape index (κ1) is 9.16. The van der Waals surface area contributed by atoms with Crippen molar-refractivity contribution in [3.8, 4) is 0 Å². The van der Waals surface area contributed by atoms with Crippen LogP contribution in [-0.4, -0.2) is 11.7 Å². The molecule has 3 heteroatoms. The lowest BCUT2D eigenvalue weighted by Crippen LogP contribution is -2.12. The molecule has 0 bridgehead atoms. The number of halogens is 1. The maximum Gasteiger partial charge on any atom is 0.123 e. The Bertz CT molecular complexity index is 275. The number of aliphatic hydroxyl groups excluding tert-OH is 1. The molecule has 0 fully saturated rings. The molecular formula is C9H12FNO. The summed E-state index contributed by atoms with van der Waals surface area (Å²) >= 11 is 0. The van der Waals surface area contributed by atoms with E-state index < -0.39 is 6.10 Å². The molecule has 0 saturated carbocycles. The topological polar surface area (TPSA) is 46.2 Å². The van der Waals surface area contributed by atoms with Gasteiger partial charge in [0.1, 0.15) is 5.82 Å². The molecule has 0 saturated heterocycles. The Labute approximate surface area is 70.8 Å². The number of nitrogens with two attached hydrogens (primary N) is 1. The highest BCUT2D eigenvalue weighted by Gasteiger charge is 2.08. The molecule has 0 radical (unpaired) electrons. The van der Waals surface area contributed by atoms with E-state index in [0.29, 0.717) is 5.56 Å². The fourth-order valence-electron chi connectivity index (χ4n) is 1.10. The molecule has 0 amide bonds. The van der Waals surface area contributed by atoms with Crippen LogP contribution in [0, 0.1) is 12.7 Å². The molecule has 12 heavy (non-hydrogen) atoms. The van der Waals surface area contributed by atoms with Gasteiger partial charge in [0.25, 0.3) is 0 Å². The lowest BCUT2D eigenvalue weighted by atomic mass is 10.0. The molecule has 0 spiro atoms. The minimum atomic E-state index is -0.763. The van der Waals surface area contributed by atoms with Crippen molar-refractivity contribution in [2.75, 3.05) is 6.54 Å². The molecule has 0 heterocycles. The van der Waals surface area contributed by atoms with Crippen LogP contribution in [0.1, 0.15) is 17.2 Å². The number of aryl methyl sites for hydroxylation is 1. The Morgan fingerprint density at radius 1 is 1.58 bits per heavy atom. The standard InChI is InChI=1S/C9H12FNO/c1-6-2-3-7(10)4-8(6)9(12)5-11/h2-4,9,12H,5,11H2,1H3/t9-/m0/s1. The molecule has 1 aromatic rings. The summed E-state index contributed by atoms with van der Waals surface area (Å²) in [5, 5.41) is 9.34. The van der Waals surface area contributed by atoms with Crippen LogP contribution in [0.2, 0.25) is 0 Å². The number of benzene rings is 1. The van der Waals surface area contributed by atoms with Crippen molar-refractivity contribution < 1.29 is 9.50 Å². The first-order chi connectivity index (χ1) is 5.65. The van der Waals surface area contributed by atoms with Crippen LogP contribution in [0.15, 0.2) is 18.2 Å². The Morgan fingerprint density at radius 2 is 2.25 bits per heavy atom. The summed E-state index contributed by atoms with van der Waals surface area (Å²) in [4.78, 5) is 0. The van der Waals surface area contributed by atoms with Gasteiger partial charge in [-0.05, 0) is 30.2 Å². The largest absolute Gasteiger partial charge is 0.387 e. The van der Waals surface area contributed by atoms with Gasteiger partial charge in [-0.1, -0.05) is 6.07 Å². The predicted molar refractivity (Wildman–Crippen MR) is 45.2 cm³/mol. The Kier molecular flexibility index (Phi) is 2.78. The zero-order chi connectivity index (χ0) is 9.14. The van der Waals surface area contributed by atoms with Crippen molar-refractivity contribution in [2.45, 2.75) is 13.0 Å². The van der Waals surface area contributed by atoms with Crippen molar-refractivity contribution in [3.05, 3.63) is 35.1 Å². The van der Waals surface area contributed by atoms with Crippen LogP contribution < -0.4 is 5.73 Å². The van der Waals surface area contributed by atoms with E-state index in [4.69, 9.17) is 5.73 Å². The monoisotopic (exact) mass is 169 g/mol. The van der Waals surface area contributed by atoms with E-state index in [2.05, 4.69) is 0 Å². The van der Waals surface area contributed by atoms with Gasteiger partial charge >= 0.3 is 0 Å². The van der Waals surface area contributed by atoms with E-state index in [1.165, 1.54) is 12.1 Å². The minimum Gasteiger partial charge on any atom is -0.387 e. The molecule has 0 aromatic heterocycles. The zero-order valence-electron chi connectivity index (χ0n) is 6.92. The third-order valence-corrected chi connectivity index (χ3v) is 1.82. The van der Waals surface area contributed by atoms with E-state index in [-0.39, 0.29) is 12.4 Å². The quantitative estimate of drug-likeness (QED) is 0.697. The van der Waals surface area contributed by atoms with Crippen LogP contribution in [0.25, 0.3) is 0 Å². The van der Waals surface area contributed by atoms with Crippen LogP contribution in [0.4, 0.5) is 4.39 Å². The van der Waals surface area contributed by atoms with Gasteiger partial charge < -0.3 is 10.8 Å². The van der Waals surface area contributed by atoms with Gasteiger partial charge in [0.2, 0.25) is 0 Å². The van der Waals surface area contributed by atoms with Crippen LogP contribution in [0.5, 0.6) is 0 Å². The second-order valence-corrected chi connectivity index (χ2v) is 2.75. The first-order valence-corrected chi connectivity index (χ1v) is 3.79. The van der Waals surface area contributed by atoms with E-state index in [1.54, 1.807) is 6.07 Å². The average Bonchev–Trinajstić information content (AvgIpc) is 2.08. The summed E-state index contributed by atoms with van der Waals surface area (Å²) in [6, 6.07) is 4.30. The van der Waals surface area contributed by atoms with Gasteiger partial charge in [0, 0.05) is 6.54 Å². The molecule has 0 aliphatic carbocycles. The number of hydrogen-bond donors (Lipinski definition) is 2. The van der Waals surface area contributed by atoms with E-state index >= 15 is 0 Å². The molecule has 1 aromatic carbocycles. The molecular weight excluding hydrogens is 157 g/mol. The fourth-order valence-corrected chi connectivity index (χ4v) is 1.10. The average molecular weight is 169 g/mol. The molecule has 0 unspecified atom stereocenters. The molecule has 66 valence electrons. The maximum absolute atomic E-state index is 12.7. The molecule has 2 nitrogen and oxygen atoms in total. The molecule has 1 rings (SSSR count). The maximum atomic E-state index is 12.7. The molecule has 0 aliphatic rings. The van der Waals surface area contributed by atoms with Crippen LogP contribution in [0.3, 0.4) is 0 Å². The Hall–Kier alpha value is -0.930. The lowest BCUT2D eigenvalue weighted by molar-refractivity contribution is 0.185. The summed E-state index contributed by atoms with van der Waals surface area (Å²) in [6.45, 7) is 1.93. The predicted octanol–water partition coefficient (Wildman–Crippen LogP) is 1.13. The number of aliphatic hydroxyl groups is 1. The van der Waals surface area contributed by atoms with E-state index in [1.807, 2.05) is 6.92 Å². The summed E-state index contributed by atoms with van der Waals surface area (Å²) in [5.41, 5.74) is 6.67. The summed E-state index contributed by atoms with van der Waals surface area (Å²) in [5.74, 6) is -0.344. The van der Waals surface area contributed by atoms with Crippen molar-refractivity contribution in [3.63, 3.8) is 0 Å². The Morgan fingerprint density at radius 3 is 2.83 bits per heavy atom. The summed E-state index contributed by atoms with van der Waals surface area (Å²) in [6.07, 6.45) is -0.763. The Balaban J connectivity index is 3.04. The molecule has 3 N–H and O–H groups in total. The lowest BCUT2D eigenvalue weighted by Gasteiger charge is -2.10. The highest BCUT2D eigenvalue weighted by molar-refractivity contribution is 5.28. The zero-order valence-corrected chi connectivity index (χ0v) is 6.92. The van der Waals surface area contributed by atoms with Crippen molar-refractivity contribution in [2.24, 2.45) is 5.73 Å². The van der Waals surface area contributed by atoms with Gasteiger partial charge in [-0.25, -0.2) is 4.39 Å². The summed E-state index contributed by atoms with van der Waals surface area (Å²) < 4.78 is 12.7. The van der Waals surface area contributed by atoms with Crippen molar-refractivity contribution >= 4 is 0 Å². The summed E-state index contributed by atoms with van der Waals surface area (Å²) in [7, 11) is 0. The number of rotatable bonds is 2. The van der Waals surface area contributed by atoms with Gasteiger partial charge in [0.05, 0.1) is 6.10 Å².